The zero-order chi connectivity index (χ0) is 8.27. The molecule has 0 atom stereocenters. The van der Waals surface area contributed by atoms with Crippen molar-refractivity contribution < 1.29 is 4.39 Å². The molecule has 4 heteroatoms. The van der Waals surface area contributed by atoms with Crippen molar-refractivity contribution in [3.63, 3.8) is 0 Å². The van der Waals surface area contributed by atoms with Crippen LogP contribution in [0.5, 0.6) is 0 Å². The second kappa shape index (κ2) is 3.59. The van der Waals surface area contributed by atoms with E-state index in [4.69, 9.17) is 5.84 Å². The number of nitrogen functional groups attached to an aromatic ring is 1. The van der Waals surface area contributed by atoms with Gasteiger partial charge in [-0.05, 0) is 24.5 Å². The van der Waals surface area contributed by atoms with E-state index in [0.29, 0.717) is 10.6 Å². The first-order valence-electron chi connectivity index (χ1n) is 3.08. The van der Waals surface area contributed by atoms with Gasteiger partial charge in [0, 0.05) is 4.90 Å². The third-order valence-corrected chi connectivity index (χ3v) is 2.09. The Morgan fingerprint density at radius 3 is 2.73 bits per heavy atom. The maximum Gasteiger partial charge on any atom is 0.138 e. The highest BCUT2D eigenvalue weighted by atomic mass is 32.2. The number of hydrogen-bond acceptors (Lipinski definition) is 3. The molecule has 0 aliphatic carbocycles. The van der Waals surface area contributed by atoms with E-state index in [1.54, 1.807) is 12.1 Å². The van der Waals surface area contributed by atoms with Crippen LogP contribution < -0.4 is 11.3 Å². The third-order valence-electron chi connectivity index (χ3n) is 1.32. The van der Waals surface area contributed by atoms with Gasteiger partial charge in [0.05, 0.1) is 5.69 Å². The van der Waals surface area contributed by atoms with E-state index in [0.717, 1.165) is 0 Å². The number of thioether (sulfide) groups is 1. The van der Waals surface area contributed by atoms with Gasteiger partial charge in [-0.3, -0.25) is 5.84 Å². The summed E-state index contributed by atoms with van der Waals surface area (Å²) in [6.07, 6.45) is 1.83. The highest BCUT2D eigenvalue weighted by Crippen LogP contribution is 2.21. The van der Waals surface area contributed by atoms with E-state index in [1.165, 1.54) is 17.8 Å². The second-order valence-corrected chi connectivity index (χ2v) is 2.84. The average Bonchev–Trinajstić information content (AvgIpc) is 2.04. The molecule has 2 nitrogen and oxygen atoms in total. The minimum Gasteiger partial charge on any atom is -0.324 e. The lowest BCUT2D eigenvalue weighted by Crippen LogP contribution is -2.06. The summed E-state index contributed by atoms with van der Waals surface area (Å²) in [4.78, 5) is 0.629. The minimum atomic E-state index is -0.243. The van der Waals surface area contributed by atoms with Crippen LogP contribution in [0.15, 0.2) is 23.1 Å². The van der Waals surface area contributed by atoms with Crippen molar-refractivity contribution in [3.8, 4) is 0 Å². The maximum absolute atomic E-state index is 12.9. The maximum atomic E-state index is 12.9. The lowest BCUT2D eigenvalue weighted by molar-refractivity contribution is 0.602. The van der Waals surface area contributed by atoms with Gasteiger partial charge >= 0.3 is 0 Å². The summed E-state index contributed by atoms with van der Waals surface area (Å²) in [5, 5.41) is 0. The Hall–Kier alpha value is -0.740. The zero-order valence-electron chi connectivity index (χ0n) is 6.10. The van der Waals surface area contributed by atoms with Gasteiger partial charge < -0.3 is 5.43 Å². The van der Waals surface area contributed by atoms with Gasteiger partial charge in [0.1, 0.15) is 5.82 Å². The lowest BCUT2D eigenvalue weighted by Gasteiger charge is -2.01. The van der Waals surface area contributed by atoms with Crippen molar-refractivity contribution in [1.82, 2.24) is 0 Å². The summed E-state index contributed by atoms with van der Waals surface area (Å²) in [5.74, 6) is 4.84. The SMILES string of the molecule is CSc1ccc(NN)cc1F. The summed E-state index contributed by atoms with van der Waals surface area (Å²) in [7, 11) is 0. The average molecular weight is 172 g/mol. The molecule has 60 valence electrons. The number of rotatable bonds is 2. The highest BCUT2D eigenvalue weighted by molar-refractivity contribution is 7.98. The molecule has 0 spiro atoms. The molecule has 0 saturated carbocycles. The molecule has 0 aliphatic rings. The Morgan fingerprint density at radius 2 is 2.27 bits per heavy atom. The minimum absolute atomic E-state index is 0.243. The summed E-state index contributed by atoms with van der Waals surface area (Å²) in [6, 6.07) is 4.79. The Balaban J connectivity index is 2.99. The smallest absolute Gasteiger partial charge is 0.138 e. The van der Waals surface area contributed by atoms with Crippen LogP contribution in [0.3, 0.4) is 0 Å². The van der Waals surface area contributed by atoms with Gasteiger partial charge in [-0.25, -0.2) is 4.39 Å². The van der Waals surface area contributed by atoms with Crippen molar-refractivity contribution >= 4 is 17.4 Å². The summed E-state index contributed by atoms with van der Waals surface area (Å²) in [5.41, 5.74) is 2.95. The number of nitrogens with one attached hydrogen (secondary N) is 1. The number of hydrazine groups is 1. The molecule has 0 aliphatic heterocycles. The molecule has 1 aromatic carbocycles. The van der Waals surface area contributed by atoms with Gasteiger partial charge in [0.2, 0.25) is 0 Å². The van der Waals surface area contributed by atoms with Crippen molar-refractivity contribution in [1.29, 1.82) is 0 Å². The second-order valence-electron chi connectivity index (χ2n) is 1.99. The van der Waals surface area contributed by atoms with Gasteiger partial charge in [-0.2, -0.15) is 0 Å². The van der Waals surface area contributed by atoms with Crippen molar-refractivity contribution in [2.45, 2.75) is 4.90 Å². The predicted molar refractivity (Wildman–Crippen MR) is 46.0 cm³/mol. The number of benzene rings is 1. The molecule has 0 amide bonds. The lowest BCUT2D eigenvalue weighted by atomic mass is 10.3. The fourth-order valence-corrected chi connectivity index (χ4v) is 1.21. The first-order chi connectivity index (χ1) is 5.27. The van der Waals surface area contributed by atoms with E-state index in [9.17, 15) is 4.39 Å². The molecule has 1 rings (SSSR count). The van der Waals surface area contributed by atoms with Crippen LogP contribution >= 0.6 is 11.8 Å². The summed E-state index contributed by atoms with van der Waals surface area (Å²) >= 11 is 1.37. The fraction of sp³-hybridized carbons (Fsp3) is 0.143. The molecule has 0 heterocycles. The standard InChI is InChI=1S/C7H9FN2S/c1-11-7-3-2-5(10-9)4-6(7)8/h2-4,10H,9H2,1H3. The number of nitrogens with two attached hydrogens (primary N) is 1. The summed E-state index contributed by atoms with van der Waals surface area (Å²) < 4.78 is 12.9. The topological polar surface area (TPSA) is 38.0 Å². The molecule has 0 saturated heterocycles. The Morgan fingerprint density at radius 1 is 1.55 bits per heavy atom. The monoisotopic (exact) mass is 172 g/mol. The Bertz CT molecular complexity index is 252. The number of anilines is 1. The molecular formula is C7H9FN2S. The Kier molecular flexibility index (Phi) is 2.73. The number of hydrogen-bond donors (Lipinski definition) is 2. The van der Waals surface area contributed by atoms with Gasteiger partial charge in [-0.15, -0.1) is 11.8 Å². The largest absolute Gasteiger partial charge is 0.324 e. The third kappa shape index (κ3) is 1.85. The molecule has 3 N–H and O–H groups in total. The van der Waals surface area contributed by atoms with Gasteiger partial charge in [0.15, 0.2) is 0 Å². The zero-order valence-corrected chi connectivity index (χ0v) is 6.91. The Labute approximate surface area is 68.9 Å². The van der Waals surface area contributed by atoms with Crippen LogP contribution in [0, 0.1) is 5.82 Å². The van der Waals surface area contributed by atoms with Crippen molar-refractivity contribution in [2.24, 2.45) is 5.84 Å². The first kappa shape index (κ1) is 8.36. The van der Waals surface area contributed by atoms with Crippen LogP contribution in [-0.2, 0) is 0 Å². The van der Waals surface area contributed by atoms with E-state index < -0.39 is 0 Å². The normalized spacial score (nSPS) is 9.73. The van der Waals surface area contributed by atoms with Crippen LogP contribution in [0.25, 0.3) is 0 Å². The van der Waals surface area contributed by atoms with Gasteiger partial charge in [0.25, 0.3) is 0 Å². The van der Waals surface area contributed by atoms with E-state index >= 15 is 0 Å². The fourth-order valence-electron chi connectivity index (χ4n) is 0.756. The molecule has 0 aromatic heterocycles. The highest BCUT2D eigenvalue weighted by Gasteiger charge is 1.99. The van der Waals surface area contributed by atoms with Crippen molar-refractivity contribution in [2.75, 3.05) is 11.7 Å². The molecular weight excluding hydrogens is 163 g/mol. The van der Waals surface area contributed by atoms with Crippen LogP contribution in [0.4, 0.5) is 10.1 Å². The van der Waals surface area contributed by atoms with E-state index in [-0.39, 0.29) is 5.82 Å². The molecule has 11 heavy (non-hydrogen) atoms. The van der Waals surface area contributed by atoms with Crippen LogP contribution in [0.2, 0.25) is 0 Å². The summed E-state index contributed by atoms with van der Waals surface area (Å²) in [6.45, 7) is 0. The number of halogens is 1. The first-order valence-corrected chi connectivity index (χ1v) is 4.30. The quantitative estimate of drug-likeness (QED) is 0.406. The van der Waals surface area contributed by atoms with Crippen LogP contribution in [0.1, 0.15) is 0 Å². The van der Waals surface area contributed by atoms with Gasteiger partial charge in [-0.1, -0.05) is 0 Å². The van der Waals surface area contributed by atoms with Crippen molar-refractivity contribution in [3.05, 3.63) is 24.0 Å². The molecule has 1 aromatic rings. The van der Waals surface area contributed by atoms with E-state index in [1.807, 2.05) is 6.26 Å². The molecule has 0 radical (unpaired) electrons. The predicted octanol–water partition coefficient (Wildman–Crippen LogP) is 1.83. The van der Waals surface area contributed by atoms with E-state index in [2.05, 4.69) is 5.43 Å². The molecule has 0 unspecified atom stereocenters. The van der Waals surface area contributed by atoms with Crippen LogP contribution in [-0.4, -0.2) is 6.26 Å². The molecule has 0 bridgehead atoms. The molecule has 0 fully saturated rings.